The van der Waals surface area contributed by atoms with E-state index in [4.69, 9.17) is 0 Å². The zero-order chi connectivity index (χ0) is 22.9. The summed E-state index contributed by atoms with van der Waals surface area (Å²) in [6.07, 6.45) is 13.6. The first-order chi connectivity index (χ1) is 15.5. The normalized spacial score (nSPS) is 11.9. The molecule has 0 unspecified atom stereocenters. The van der Waals surface area contributed by atoms with Crippen LogP contribution in [0.15, 0.2) is 103 Å². The van der Waals surface area contributed by atoms with Gasteiger partial charge in [-0.25, -0.2) is 0 Å². The minimum Gasteiger partial charge on any atom is -0.310 e. The summed E-state index contributed by atoms with van der Waals surface area (Å²) in [4.78, 5) is 2.30. The average Bonchev–Trinajstić information content (AvgIpc) is 2.79. The Bertz CT molecular complexity index is 1130. The van der Waals surface area contributed by atoms with Gasteiger partial charge >= 0.3 is 0 Å². The molecule has 0 fully saturated rings. The van der Waals surface area contributed by atoms with Gasteiger partial charge in [0.15, 0.2) is 0 Å². The summed E-state index contributed by atoms with van der Waals surface area (Å²) in [6, 6.07) is 23.9. The van der Waals surface area contributed by atoms with Gasteiger partial charge in [-0.2, -0.15) is 0 Å². The monoisotopic (exact) mass is 419 g/mol. The molecule has 32 heavy (non-hydrogen) atoms. The number of nitrogens with zero attached hydrogens (tertiary/aromatic N) is 1. The summed E-state index contributed by atoms with van der Waals surface area (Å²) in [6.45, 7) is 12.5. The summed E-state index contributed by atoms with van der Waals surface area (Å²) in [5, 5.41) is 0. The van der Waals surface area contributed by atoms with Crippen LogP contribution in [0.2, 0.25) is 0 Å². The Balaban J connectivity index is 1.98. The third-order valence-corrected chi connectivity index (χ3v) is 5.36. The van der Waals surface area contributed by atoms with Gasteiger partial charge in [0.2, 0.25) is 0 Å². The SMILES string of the molecule is C=C/C=C(\C=C/CC)N(c1ccc(/C=C/c2ccc(C)cc2)cc1)c1ccc(C)cc1C. The Hall–Kier alpha value is -3.58. The van der Waals surface area contributed by atoms with Crippen molar-refractivity contribution in [3.63, 3.8) is 0 Å². The second-order valence-corrected chi connectivity index (χ2v) is 8.10. The van der Waals surface area contributed by atoms with Crippen LogP contribution in [0.3, 0.4) is 0 Å². The maximum Gasteiger partial charge on any atom is 0.0490 e. The van der Waals surface area contributed by atoms with Crippen LogP contribution in [-0.4, -0.2) is 0 Å². The maximum atomic E-state index is 3.94. The van der Waals surface area contributed by atoms with E-state index < -0.39 is 0 Å². The molecule has 0 atom stereocenters. The highest BCUT2D eigenvalue weighted by Gasteiger charge is 2.15. The van der Waals surface area contributed by atoms with Crippen molar-refractivity contribution in [2.24, 2.45) is 0 Å². The smallest absolute Gasteiger partial charge is 0.0490 e. The van der Waals surface area contributed by atoms with Crippen LogP contribution in [-0.2, 0) is 0 Å². The fourth-order valence-electron chi connectivity index (χ4n) is 3.65. The van der Waals surface area contributed by atoms with Gasteiger partial charge in [0, 0.05) is 17.1 Å². The lowest BCUT2D eigenvalue weighted by atomic mass is 10.1. The first kappa shape index (κ1) is 23.1. The highest BCUT2D eigenvalue weighted by atomic mass is 15.1. The second kappa shape index (κ2) is 11.2. The molecule has 3 aromatic carbocycles. The number of aryl methyl sites for hydroxylation is 3. The van der Waals surface area contributed by atoms with Crippen LogP contribution in [0.25, 0.3) is 12.2 Å². The average molecular weight is 420 g/mol. The predicted octanol–water partition coefficient (Wildman–Crippen LogP) is 8.96. The Morgan fingerprint density at radius 1 is 0.812 bits per heavy atom. The van der Waals surface area contributed by atoms with Gasteiger partial charge in [-0.15, -0.1) is 0 Å². The Kier molecular flexibility index (Phi) is 8.05. The fraction of sp³-hybridized carbons (Fsp3) is 0.161. The topological polar surface area (TPSA) is 3.24 Å². The summed E-state index contributed by atoms with van der Waals surface area (Å²) in [7, 11) is 0. The van der Waals surface area contributed by atoms with Gasteiger partial charge in [0.25, 0.3) is 0 Å². The quantitative estimate of drug-likeness (QED) is 0.260. The van der Waals surface area contributed by atoms with Crippen molar-refractivity contribution in [2.75, 3.05) is 4.90 Å². The molecule has 0 amide bonds. The van der Waals surface area contributed by atoms with E-state index in [1.54, 1.807) is 0 Å². The lowest BCUT2D eigenvalue weighted by Crippen LogP contribution is -2.16. The van der Waals surface area contributed by atoms with Crippen molar-refractivity contribution < 1.29 is 0 Å². The molecule has 0 bridgehead atoms. The van der Waals surface area contributed by atoms with E-state index in [1.807, 2.05) is 6.08 Å². The molecular weight excluding hydrogens is 386 g/mol. The molecule has 3 rings (SSSR count). The highest BCUT2D eigenvalue weighted by molar-refractivity contribution is 5.75. The van der Waals surface area contributed by atoms with Crippen LogP contribution in [0.4, 0.5) is 11.4 Å². The van der Waals surface area contributed by atoms with E-state index >= 15 is 0 Å². The fourth-order valence-corrected chi connectivity index (χ4v) is 3.65. The number of benzene rings is 3. The first-order valence-electron chi connectivity index (χ1n) is 11.2. The molecule has 1 nitrogen and oxygen atoms in total. The van der Waals surface area contributed by atoms with Crippen molar-refractivity contribution >= 4 is 23.5 Å². The van der Waals surface area contributed by atoms with Crippen molar-refractivity contribution in [1.82, 2.24) is 0 Å². The molecule has 0 aliphatic carbocycles. The minimum atomic E-state index is 0.984. The molecule has 0 spiro atoms. The van der Waals surface area contributed by atoms with Crippen molar-refractivity contribution in [3.8, 4) is 0 Å². The summed E-state index contributed by atoms with van der Waals surface area (Å²) in [5.74, 6) is 0. The zero-order valence-electron chi connectivity index (χ0n) is 19.7. The largest absolute Gasteiger partial charge is 0.310 e. The molecule has 1 heteroatoms. The van der Waals surface area contributed by atoms with E-state index in [-0.39, 0.29) is 0 Å². The summed E-state index contributed by atoms with van der Waals surface area (Å²) >= 11 is 0. The van der Waals surface area contributed by atoms with Crippen LogP contribution in [0.1, 0.15) is 41.2 Å². The second-order valence-electron chi connectivity index (χ2n) is 8.10. The third-order valence-electron chi connectivity index (χ3n) is 5.36. The van der Waals surface area contributed by atoms with Gasteiger partial charge < -0.3 is 4.90 Å². The molecule has 0 aliphatic heterocycles. The summed E-state index contributed by atoms with van der Waals surface area (Å²) in [5.41, 5.74) is 9.56. The van der Waals surface area contributed by atoms with Gasteiger partial charge in [-0.3, -0.25) is 0 Å². The molecule has 0 saturated carbocycles. The third kappa shape index (κ3) is 5.98. The van der Waals surface area contributed by atoms with Crippen LogP contribution in [0.5, 0.6) is 0 Å². The van der Waals surface area contributed by atoms with E-state index in [0.29, 0.717) is 0 Å². The van der Waals surface area contributed by atoms with E-state index in [0.717, 1.165) is 17.8 Å². The van der Waals surface area contributed by atoms with Crippen molar-refractivity contribution in [1.29, 1.82) is 0 Å². The molecule has 0 N–H and O–H groups in total. The van der Waals surface area contributed by atoms with Gasteiger partial charge in [-0.1, -0.05) is 97.5 Å². The molecular formula is C31H33N. The standard InChI is InChI=1S/C31H33N/c1-6-8-10-29(9-7-2)32(31-22-13-25(4)23-26(31)5)30-20-18-28(19-21-30)17-16-27-14-11-24(3)12-15-27/h7-23H,2,6H2,1,3-5H3/b10-8-,17-16+,29-9+. The van der Waals surface area contributed by atoms with Crippen molar-refractivity contribution in [3.05, 3.63) is 131 Å². The molecule has 3 aromatic rings. The number of hydrogen-bond acceptors (Lipinski definition) is 1. The number of anilines is 2. The Morgan fingerprint density at radius 3 is 1.97 bits per heavy atom. The molecule has 0 aromatic heterocycles. The van der Waals surface area contributed by atoms with Crippen LogP contribution >= 0.6 is 0 Å². The van der Waals surface area contributed by atoms with Crippen LogP contribution < -0.4 is 4.90 Å². The lowest BCUT2D eigenvalue weighted by molar-refractivity contribution is 1.16. The van der Waals surface area contributed by atoms with Gasteiger partial charge in [-0.05, 0) is 74.2 Å². The molecule has 162 valence electrons. The van der Waals surface area contributed by atoms with E-state index in [9.17, 15) is 0 Å². The Labute approximate surface area is 193 Å². The maximum absolute atomic E-state index is 3.94. The van der Waals surface area contributed by atoms with Crippen LogP contribution in [0, 0.1) is 20.8 Å². The predicted molar refractivity (Wildman–Crippen MR) is 142 cm³/mol. The lowest BCUT2D eigenvalue weighted by Gasteiger charge is -2.28. The van der Waals surface area contributed by atoms with E-state index in [2.05, 4.69) is 136 Å². The van der Waals surface area contributed by atoms with Gasteiger partial charge in [0.05, 0.1) is 0 Å². The molecule has 0 heterocycles. The summed E-state index contributed by atoms with van der Waals surface area (Å²) < 4.78 is 0. The highest BCUT2D eigenvalue weighted by Crippen LogP contribution is 2.34. The number of hydrogen-bond donors (Lipinski definition) is 0. The first-order valence-corrected chi connectivity index (χ1v) is 11.2. The molecule has 0 aliphatic rings. The van der Waals surface area contributed by atoms with Gasteiger partial charge in [0.1, 0.15) is 0 Å². The van der Waals surface area contributed by atoms with Crippen molar-refractivity contribution in [2.45, 2.75) is 34.1 Å². The molecule has 0 saturated heterocycles. The zero-order valence-corrected chi connectivity index (χ0v) is 19.7. The Morgan fingerprint density at radius 2 is 1.41 bits per heavy atom. The number of allylic oxidation sites excluding steroid dienone is 4. The molecule has 0 radical (unpaired) electrons. The minimum absolute atomic E-state index is 0.984. The van der Waals surface area contributed by atoms with E-state index in [1.165, 1.54) is 33.5 Å². The number of rotatable bonds is 8.